The minimum Gasteiger partial charge on any atom is -0.332 e. The van der Waals surface area contributed by atoms with Crippen LogP contribution < -0.4 is 0 Å². The molecular formula is C13H22N2O2S. The van der Waals surface area contributed by atoms with Crippen LogP contribution in [0.15, 0.2) is 0 Å². The van der Waals surface area contributed by atoms with E-state index in [2.05, 4.69) is 12.6 Å². The van der Waals surface area contributed by atoms with Gasteiger partial charge in [0, 0.05) is 13.1 Å². The molecule has 1 unspecified atom stereocenters. The highest BCUT2D eigenvalue weighted by Gasteiger charge is 2.39. The first-order chi connectivity index (χ1) is 8.74. The third kappa shape index (κ3) is 2.99. The summed E-state index contributed by atoms with van der Waals surface area (Å²) in [7, 11) is 0. The van der Waals surface area contributed by atoms with E-state index >= 15 is 0 Å². The van der Waals surface area contributed by atoms with Crippen LogP contribution in [0.25, 0.3) is 0 Å². The molecule has 0 saturated carbocycles. The fraction of sp³-hybridized carbons (Fsp3) is 0.846. The fourth-order valence-corrected chi connectivity index (χ4v) is 3.03. The third-order valence-corrected chi connectivity index (χ3v) is 4.15. The first-order valence-electron chi connectivity index (χ1n) is 6.93. The molecule has 2 heterocycles. The lowest BCUT2D eigenvalue weighted by Gasteiger charge is -2.42. The third-order valence-electron chi connectivity index (χ3n) is 3.83. The van der Waals surface area contributed by atoms with Gasteiger partial charge in [0.1, 0.15) is 6.04 Å². The average molecular weight is 270 g/mol. The topological polar surface area (TPSA) is 40.6 Å². The maximum absolute atomic E-state index is 12.3. The van der Waals surface area contributed by atoms with Gasteiger partial charge >= 0.3 is 0 Å². The van der Waals surface area contributed by atoms with E-state index in [4.69, 9.17) is 0 Å². The number of piperidine rings is 1. The Morgan fingerprint density at radius 2 is 2.00 bits per heavy atom. The van der Waals surface area contributed by atoms with Gasteiger partial charge in [0.2, 0.25) is 11.8 Å². The Morgan fingerprint density at radius 3 is 2.78 bits per heavy atom. The van der Waals surface area contributed by atoms with E-state index in [1.807, 2.05) is 0 Å². The second-order valence-corrected chi connectivity index (χ2v) is 5.59. The lowest BCUT2D eigenvalue weighted by Crippen LogP contribution is -2.61. The van der Waals surface area contributed by atoms with Crippen molar-refractivity contribution in [2.24, 2.45) is 0 Å². The van der Waals surface area contributed by atoms with Crippen LogP contribution in [0.1, 0.15) is 38.5 Å². The highest BCUT2D eigenvalue weighted by molar-refractivity contribution is 7.80. The largest absolute Gasteiger partial charge is 0.332 e. The molecule has 18 heavy (non-hydrogen) atoms. The smallest absolute Gasteiger partial charge is 0.245 e. The van der Waals surface area contributed by atoms with Crippen molar-refractivity contribution in [1.29, 1.82) is 0 Å². The number of amides is 2. The van der Waals surface area contributed by atoms with Gasteiger partial charge in [0.05, 0.1) is 6.54 Å². The highest BCUT2D eigenvalue weighted by Crippen LogP contribution is 2.23. The zero-order valence-electron chi connectivity index (χ0n) is 10.8. The number of thiol groups is 1. The Morgan fingerprint density at radius 1 is 1.17 bits per heavy atom. The number of carbonyl (C=O) groups excluding carboxylic acids is 2. The molecule has 102 valence electrons. The van der Waals surface area contributed by atoms with Crippen molar-refractivity contribution in [3.63, 3.8) is 0 Å². The highest BCUT2D eigenvalue weighted by atomic mass is 32.1. The lowest BCUT2D eigenvalue weighted by molar-refractivity contribution is -0.157. The summed E-state index contributed by atoms with van der Waals surface area (Å²) in [6, 6.07) is -0.162. The summed E-state index contributed by atoms with van der Waals surface area (Å²) in [6.07, 6.45) is 6.08. The van der Waals surface area contributed by atoms with Gasteiger partial charge in [-0.2, -0.15) is 12.6 Å². The maximum atomic E-state index is 12.3. The van der Waals surface area contributed by atoms with Crippen molar-refractivity contribution in [3.8, 4) is 0 Å². The summed E-state index contributed by atoms with van der Waals surface area (Å²) in [5.74, 6) is 1.19. The molecular weight excluding hydrogens is 248 g/mol. The zero-order chi connectivity index (χ0) is 13.0. The normalized spacial score (nSPS) is 24.4. The van der Waals surface area contributed by atoms with Crippen LogP contribution in [0, 0.1) is 0 Å². The van der Waals surface area contributed by atoms with E-state index in [0.717, 1.165) is 57.4 Å². The maximum Gasteiger partial charge on any atom is 0.245 e. The van der Waals surface area contributed by atoms with Crippen molar-refractivity contribution in [1.82, 2.24) is 9.80 Å². The van der Waals surface area contributed by atoms with Gasteiger partial charge in [0.25, 0.3) is 0 Å². The van der Waals surface area contributed by atoms with Crippen LogP contribution in [-0.2, 0) is 9.59 Å². The van der Waals surface area contributed by atoms with Crippen LogP contribution >= 0.6 is 12.6 Å². The molecule has 1 atom stereocenters. The number of hydrogen-bond donors (Lipinski definition) is 1. The standard InChI is InChI=1S/C13H22N2O2S/c16-12-10-14(7-3-1-5-9-18)13(17)11-6-2-4-8-15(11)12/h11,18H,1-10H2. The monoisotopic (exact) mass is 270 g/mol. The number of hydrogen-bond acceptors (Lipinski definition) is 3. The molecule has 2 aliphatic heterocycles. The molecule has 0 spiro atoms. The van der Waals surface area contributed by atoms with E-state index in [-0.39, 0.29) is 24.4 Å². The van der Waals surface area contributed by atoms with E-state index in [0.29, 0.717) is 0 Å². The zero-order valence-corrected chi connectivity index (χ0v) is 11.7. The molecule has 0 radical (unpaired) electrons. The van der Waals surface area contributed by atoms with Crippen molar-refractivity contribution < 1.29 is 9.59 Å². The van der Waals surface area contributed by atoms with E-state index in [1.165, 1.54) is 0 Å². The number of rotatable bonds is 5. The van der Waals surface area contributed by atoms with Gasteiger partial charge in [-0.05, 0) is 37.9 Å². The number of piperazine rings is 1. The summed E-state index contributed by atoms with van der Waals surface area (Å²) in [6.45, 7) is 1.78. The van der Waals surface area contributed by atoms with Crippen LogP contribution in [0.5, 0.6) is 0 Å². The Bertz CT molecular complexity index is 322. The van der Waals surface area contributed by atoms with Crippen LogP contribution in [0.3, 0.4) is 0 Å². The number of nitrogens with zero attached hydrogens (tertiary/aromatic N) is 2. The number of fused-ring (bicyclic) bond motifs is 1. The van der Waals surface area contributed by atoms with Crippen LogP contribution in [0.4, 0.5) is 0 Å². The molecule has 0 aromatic carbocycles. The fourth-order valence-electron chi connectivity index (χ4n) is 2.81. The second-order valence-electron chi connectivity index (χ2n) is 5.14. The molecule has 0 aromatic rings. The van der Waals surface area contributed by atoms with Gasteiger partial charge in [-0.15, -0.1) is 0 Å². The predicted octanol–water partition coefficient (Wildman–Crippen LogP) is 1.31. The first kappa shape index (κ1) is 13.7. The summed E-state index contributed by atoms with van der Waals surface area (Å²) < 4.78 is 0. The van der Waals surface area contributed by atoms with Crippen molar-refractivity contribution in [3.05, 3.63) is 0 Å². The average Bonchev–Trinajstić information content (AvgIpc) is 2.40. The van der Waals surface area contributed by atoms with Crippen molar-refractivity contribution in [2.75, 3.05) is 25.4 Å². The molecule has 0 N–H and O–H groups in total. The second kappa shape index (κ2) is 6.45. The van der Waals surface area contributed by atoms with Crippen LogP contribution in [-0.4, -0.2) is 53.0 Å². The molecule has 0 aromatic heterocycles. The minimum absolute atomic E-state index is 0.133. The number of unbranched alkanes of at least 4 members (excludes halogenated alkanes) is 2. The minimum atomic E-state index is -0.162. The molecule has 0 bridgehead atoms. The number of carbonyl (C=O) groups is 2. The van der Waals surface area contributed by atoms with E-state index in [9.17, 15) is 9.59 Å². The molecule has 0 aliphatic carbocycles. The van der Waals surface area contributed by atoms with Crippen molar-refractivity contribution in [2.45, 2.75) is 44.6 Å². The molecule has 2 rings (SSSR count). The van der Waals surface area contributed by atoms with Gasteiger partial charge < -0.3 is 9.80 Å². The Balaban J connectivity index is 1.88. The van der Waals surface area contributed by atoms with Gasteiger partial charge in [0.15, 0.2) is 0 Å². The van der Waals surface area contributed by atoms with Gasteiger partial charge in [-0.3, -0.25) is 9.59 Å². The molecule has 2 saturated heterocycles. The van der Waals surface area contributed by atoms with Crippen molar-refractivity contribution >= 4 is 24.4 Å². The summed E-state index contributed by atoms with van der Waals surface area (Å²) >= 11 is 4.17. The van der Waals surface area contributed by atoms with Crippen LogP contribution in [0.2, 0.25) is 0 Å². The molecule has 5 heteroatoms. The molecule has 2 amide bonds. The Hall–Kier alpha value is -0.710. The molecule has 4 nitrogen and oxygen atoms in total. The predicted molar refractivity (Wildman–Crippen MR) is 73.6 cm³/mol. The Kier molecular flexibility index (Phi) is 4.92. The van der Waals surface area contributed by atoms with Gasteiger partial charge in [-0.1, -0.05) is 6.42 Å². The summed E-state index contributed by atoms with van der Waals surface area (Å²) in [5, 5.41) is 0. The summed E-state index contributed by atoms with van der Waals surface area (Å²) in [5.41, 5.74) is 0. The SMILES string of the molecule is O=C1C2CCCCN2C(=O)CN1CCCCCS. The summed E-state index contributed by atoms with van der Waals surface area (Å²) in [4.78, 5) is 27.8. The van der Waals surface area contributed by atoms with E-state index in [1.54, 1.807) is 9.80 Å². The lowest BCUT2D eigenvalue weighted by atomic mass is 9.98. The van der Waals surface area contributed by atoms with Gasteiger partial charge in [-0.25, -0.2) is 0 Å². The molecule has 2 fully saturated rings. The van der Waals surface area contributed by atoms with E-state index < -0.39 is 0 Å². The first-order valence-corrected chi connectivity index (χ1v) is 7.56. The Labute approximate surface area is 114 Å². The molecule has 2 aliphatic rings. The quantitative estimate of drug-likeness (QED) is 0.604.